The largest absolute Gasteiger partial charge is 0.387 e. The monoisotopic (exact) mass is 708 g/mol. The van der Waals surface area contributed by atoms with E-state index in [1.54, 1.807) is 12.2 Å². The van der Waals surface area contributed by atoms with E-state index < -0.39 is 40.0 Å². The minimum Gasteiger partial charge on any atom is -0.387 e. The molecule has 0 aromatic heterocycles. The molecule has 0 heterocycles. The standard InChI is InChI=1S/C41H73NO6S/c1-3-5-7-9-11-13-15-17-18-19-20-21-22-23-24-26-27-29-31-33-35-39(43)38(37-49(46,47)48)42-41(45)40(44)36-34-32-30-28-25-16-14-12-10-8-6-4-2/h21-22,25-28,32-35,38-40,43-44H,3-20,23-24,29-31,36-37H2,1-2H3,(H,42,45)(H,46,47,48)/b22-21+,27-26+,28-25-,34-32-,35-33+. The predicted octanol–water partition coefficient (Wildman–Crippen LogP) is 10.3. The highest BCUT2D eigenvalue weighted by Crippen LogP contribution is 2.12. The number of allylic oxidation sites excluding steroid dienone is 8. The van der Waals surface area contributed by atoms with E-state index >= 15 is 0 Å². The zero-order valence-electron chi connectivity index (χ0n) is 31.2. The minimum absolute atomic E-state index is 0.0586. The Morgan fingerprint density at radius 3 is 1.47 bits per heavy atom. The van der Waals surface area contributed by atoms with Crippen molar-refractivity contribution < 1.29 is 28.0 Å². The van der Waals surface area contributed by atoms with E-state index in [-0.39, 0.29) is 6.42 Å². The number of rotatable bonds is 34. The Morgan fingerprint density at radius 2 is 0.980 bits per heavy atom. The number of carbonyl (C=O) groups excluding carboxylic acids is 1. The number of amides is 1. The van der Waals surface area contributed by atoms with Crippen molar-refractivity contribution >= 4 is 16.0 Å². The molecule has 0 aliphatic carbocycles. The smallest absolute Gasteiger partial charge is 0.267 e. The van der Waals surface area contributed by atoms with Crippen LogP contribution in [0.5, 0.6) is 0 Å². The molecule has 49 heavy (non-hydrogen) atoms. The molecule has 4 N–H and O–H groups in total. The Balaban J connectivity index is 4.23. The van der Waals surface area contributed by atoms with Gasteiger partial charge in [0.05, 0.1) is 17.9 Å². The van der Waals surface area contributed by atoms with Crippen LogP contribution in [0, 0.1) is 0 Å². The quantitative estimate of drug-likeness (QED) is 0.0300. The van der Waals surface area contributed by atoms with Gasteiger partial charge in [0.1, 0.15) is 6.10 Å². The Labute approximate surface area is 301 Å². The topological polar surface area (TPSA) is 124 Å². The van der Waals surface area contributed by atoms with Gasteiger partial charge < -0.3 is 15.5 Å². The molecule has 0 rings (SSSR count). The van der Waals surface area contributed by atoms with Gasteiger partial charge in [-0.1, -0.05) is 164 Å². The van der Waals surface area contributed by atoms with Gasteiger partial charge in [-0.2, -0.15) is 8.42 Å². The van der Waals surface area contributed by atoms with E-state index in [0.717, 1.165) is 32.1 Å². The fourth-order valence-corrected chi connectivity index (χ4v) is 6.21. The Morgan fingerprint density at radius 1 is 0.571 bits per heavy atom. The van der Waals surface area contributed by atoms with Crippen molar-refractivity contribution in [3.05, 3.63) is 60.8 Å². The summed E-state index contributed by atoms with van der Waals surface area (Å²) in [5.74, 6) is -1.66. The first-order chi connectivity index (χ1) is 23.7. The lowest BCUT2D eigenvalue weighted by atomic mass is 10.1. The molecule has 0 fully saturated rings. The van der Waals surface area contributed by atoms with E-state index in [4.69, 9.17) is 0 Å². The lowest BCUT2D eigenvalue weighted by Gasteiger charge is -2.22. The van der Waals surface area contributed by atoms with Crippen LogP contribution in [-0.4, -0.2) is 53.1 Å². The third-order valence-electron chi connectivity index (χ3n) is 8.51. The summed E-state index contributed by atoms with van der Waals surface area (Å²) in [4.78, 5) is 12.5. The molecule has 0 bridgehead atoms. The molecule has 8 heteroatoms. The SMILES string of the molecule is CCCCCCCC/C=C\C/C=C\CC(O)C(=O)NC(CS(=O)(=O)O)C(O)/C=C/CC/C=C/CC/C=C/CCCCCCCCCCCC. The van der Waals surface area contributed by atoms with Gasteiger partial charge >= 0.3 is 0 Å². The summed E-state index contributed by atoms with van der Waals surface area (Å²) in [5.41, 5.74) is 0. The number of nitrogens with one attached hydrogen (secondary N) is 1. The highest BCUT2D eigenvalue weighted by atomic mass is 32.2. The fraction of sp³-hybridized carbons (Fsp3) is 0.732. The van der Waals surface area contributed by atoms with E-state index in [1.165, 1.54) is 109 Å². The molecule has 0 radical (unpaired) electrons. The molecule has 0 spiro atoms. The van der Waals surface area contributed by atoms with Gasteiger partial charge in [0, 0.05) is 6.42 Å². The zero-order chi connectivity index (χ0) is 36.3. The van der Waals surface area contributed by atoms with Gasteiger partial charge in [-0.05, 0) is 57.8 Å². The van der Waals surface area contributed by atoms with Crippen LogP contribution in [-0.2, 0) is 14.9 Å². The molecule has 7 nitrogen and oxygen atoms in total. The first-order valence-electron chi connectivity index (χ1n) is 19.6. The molecular formula is C41H73NO6S. The first kappa shape index (κ1) is 47.0. The number of aliphatic hydroxyl groups is 2. The number of hydrogen-bond donors (Lipinski definition) is 4. The second-order valence-corrected chi connectivity index (χ2v) is 14.8. The van der Waals surface area contributed by atoms with Gasteiger partial charge in [0.2, 0.25) is 5.91 Å². The average Bonchev–Trinajstić information content (AvgIpc) is 3.06. The molecule has 0 saturated carbocycles. The van der Waals surface area contributed by atoms with E-state index in [0.29, 0.717) is 12.8 Å². The van der Waals surface area contributed by atoms with Crippen molar-refractivity contribution in [2.45, 2.75) is 186 Å². The minimum atomic E-state index is -4.47. The summed E-state index contributed by atoms with van der Waals surface area (Å²) >= 11 is 0. The van der Waals surface area contributed by atoms with E-state index in [2.05, 4.69) is 55.6 Å². The molecule has 3 unspecified atom stereocenters. The molecule has 284 valence electrons. The summed E-state index contributed by atoms with van der Waals surface area (Å²) in [6.07, 6.45) is 44.5. The second kappa shape index (κ2) is 34.4. The molecule has 0 aliphatic heterocycles. The molecule has 3 atom stereocenters. The maximum absolute atomic E-state index is 12.5. The summed E-state index contributed by atoms with van der Waals surface area (Å²) < 4.78 is 32.4. The zero-order valence-corrected chi connectivity index (χ0v) is 32.0. The summed E-state index contributed by atoms with van der Waals surface area (Å²) in [7, 11) is -4.47. The summed E-state index contributed by atoms with van der Waals surface area (Å²) in [6, 6.07) is -1.29. The van der Waals surface area contributed by atoms with Crippen molar-refractivity contribution in [1.82, 2.24) is 5.32 Å². The summed E-state index contributed by atoms with van der Waals surface area (Å²) in [6.45, 7) is 4.47. The number of unbranched alkanes of at least 4 members (excludes halogenated alkanes) is 18. The maximum atomic E-state index is 12.5. The number of carbonyl (C=O) groups is 1. The molecule has 0 aromatic carbocycles. The van der Waals surface area contributed by atoms with Crippen LogP contribution in [0.25, 0.3) is 0 Å². The third kappa shape index (κ3) is 34.2. The first-order valence-corrected chi connectivity index (χ1v) is 21.2. The van der Waals surface area contributed by atoms with Crippen molar-refractivity contribution in [1.29, 1.82) is 0 Å². The second-order valence-electron chi connectivity index (χ2n) is 13.3. The van der Waals surface area contributed by atoms with Crippen molar-refractivity contribution in [2.24, 2.45) is 0 Å². The van der Waals surface area contributed by atoms with Gasteiger partial charge in [0.25, 0.3) is 10.1 Å². The Bertz CT molecular complexity index is 1020. The average molecular weight is 708 g/mol. The molecule has 1 amide bonds. The highest BCUT2D eigenvalue weighted by molar-refractivity contribution is 7.85. The number of hydrogen-bond acceptors (Lipinski definition) is 5. The molecule has 0 saturated heterocycles. The van der Waals surface area contributed by atoms with Crippen molar-refractivity contribution in [3.8, 4) is 0 Å². The predicted molar refractivity (Wildman–Crippen MR) is 208 cm³/mol. The van der Waals surface area contributed by atoms with Crippen LogP contribution in [0.2, 0.25) is 0 Å². The van der Waals surface area contributed by atoms with E-state index in [1.807, 2.05) is 6.08 Å². The van der Waals surface area contributed by atoms with Crippen molar-refractivity contribution in [2.75, 3.05) is 5.75 Å². The van der Waals surface area contributed by atoms with Crippen LogP contribution < -0.4 is 5.32 Å². The van der Waals surface area contributed by atoms with E-state index in [9.17, 15) is 28.0 Å². The van der Waals surface area contributed by atoms with Gasteiger partial charge in [-0.15, -0.1) is 0 Å². The van der Waals surface area contributed by atoms with Crippen LogP contribution >= 0.6 is 0 Å². The lowest BCUT2D eigenvalue weighted by Crippen LogP contribution is -2.50. The summed E-state index contributed by atoms with van der Waals surface area (Å²) in [5, 5.41) is 23.2. The van der Waals surface area contributed by atoms with Crippen LogP contribution in [0.1, 0.15) is 168 Å². The van der Waals surface area contributed by atoms with Gasteiger partial charge in [-0.25, -0.2) is 0 Å². The maximum Gasteiger partial charge on any atom is 0.267 e. The Hall–Kier alpha value is -2.00. The fourth-order valence-electron chi connectivity index (χ4n) is 5.47. The van der Waals surface area contributed by atoms with Crippen LogP contribution in [0.4, 0.5) is 0 Å². The highest BCUT2D eigenvalue weighted by Gasteiger charge is 2.27. The lowest BCUT2D eigenvalue weighted by molar-refractivity contribution is -0.130. The third-order valence-corrected chi connectivity index (χ3v) is 9.29. The normalized spacial score (nSPS) is 14.6. The van der Waals surface area contributed by atoms with Crippen molar-refractivity contribution in [3.63, 3.8) is 0 Å². The number of aliphatic hydroxyl groups excluding tert-OH is 2. The van der Waals surface area contributed by atoms with Crippen LogP contribution in [0.3, 0.4) is 0 Å². The van der Waals surface area contributed by atoms with Gasteiger partial charge in [0.15, 0.2) is 0 Å². The molecule has 0 aromatic rings. The molecule has 0 aliphatic rings. The molecular weight excluding hydrogens is 635 g/mol. The van der Waals surface area contributed by atoms with Crippen LogP contribution in [0.15, 0.2) is 60.8 Å². The Kier molecular flexibility index (Phi) is 33.0. The van der Waals surface area contributed by atoms with Gasteiger partial charge in [-0.3, -0.25) is 9.35 Å².